The molecule has 0 bridgehead atoms. The van der Waals surface area contributed by atoms with Crippen molar-refractivity contribution in [2.75, 3.05) is 6.54 Å². The Kier molecular flexibility index (Phi) is 5.45. The first kappa shape index (κ1) is 17.5. The van der Waals surface area contributed by atoms with Gasteiger partial charge in [0.2, 0.25) is 5.91 Å². The Hall–Kier alpha value is -1.84. The van der Waals surface area contributed by atoms with E-state index in [1.807, 2.05) is 44.2 Å². The van der Waals surface area contributed by atoms with E-state index >= 15 is 0 Å². The van der Waals surface area contributed by atoms with Gasteiger partial charge in [0.15, 0.2) is 0 Å². The van der Waals surface area contributed by atoms with E-state index in [-0.39, 0.29) is 12.5 Å². The van der Waals surface area contributed by atoms with Crippen LogP contribution in [0, 0.1) is 5.41 Å². The van der Waals surface area contributed by atoms with Crippen molar-refractivity contribution in [3.63, 3.8) is 0 Å². The molecule has 0 aliphatic heterocycles. The van der Waals surface area contributed by atoms with Gasteiger partial charge in [-0.25, -0.2) is 0 Å². The number of hydrogen-bond acceptors (Lipinski definition) is 2. The summed E-state index contributed by atoms with van der Waals surface area (Å²) in [5, 5.41) is 12.5. The Labute approximate surface area is 138 Å². The summed E-state index contributed by atoms with van der Waals surface area (Å²) in [6.45, 7) is 3.93. The maximum atomic E-state index is 13.0. The SMILES string of the molecule is CCC(CC)(CNC(=O)C1(c2ccccc2)CCCC1)C(=O)O. The summed E-state index contributed by atoms with van der Waals surface area (Å²) < 4.78 is 0. The van der Waals surface area contributed by atoms with Gasteiger partial charge in [0.1, 0.15) is 0 Å². The molecule has 4 heteroatoms. The Morgan fingerprint density at radius 3 is 2.17 bits per heavy atom. The molecule has 0 radical (unpaired) electrons. The van der Waals surface area contributed by atoms with Crippen LogP contribution in [-0.4, -0.2) is 23.5 Å². The fourth-order valence-corrected chi connectivity index (χ4v) is 3.68. The van der Waals surface area contributed by atoms with Crippen molar-refractivity contribution in [3.8, 4) is 0 Å². The number of carboxylic acids is 1. The number of carboxylic acid groups (broad SMARTS) is 1. The van der Waals surface area contributed by atoms with Crippen LogP contribution < -0.4 is 5.32 Å². The number of nitrogens with one attached hydrogen (secondary N) is 1. The third-order valence-corrected chi connectivity index (χ3v) is 5.61. The summed E-state index contributed by atoms with van der Waals surface area (Å²) in [5.74, 6) is -0.850. The molecule has 23 heavy (non-hydrogen) atoms. The number of carbonyl (C=O) groups is 2. The van der Waals surface area contributed by atoms with Crippen LogP contribution in [-0.2, 0) is 15.0 Å². The molecule has 126 valence electrons. The van der Waals surface area contributed by atoms with E-state index in [0.29, 0.717) is 12.8 Å². The molecular weight excluding hydrogens is 290 g/mol. The molecule has 2 rings (SSSR count). The molecule has 0 atom stereocenters. The highest BCUT2D eigenvalue weighted by molar-refractivity contribution is 5.89. The van der Waals surface area contributed by atoms with E-state index in [0.717, 1.165) is 31.2 Å². The van der Waals surface area contributed by atoms with E-state index in [1.54, 1.807) is 0 Å². The van der Waals surface area contributed by atoms with Crippen LogP contribution in [0.5, 0.6) is 0 Å². The summed E-state index contributed by atoms with van der Waals surface area (Å²) in [6.07, 6.45) is 4.76. The second kappa shape index (κ2) is 7.16. The first-order chi connectivity index (χ1) is 11.0. The van der Waals surface area contributed by atoms with Gasteiger partial charge < -0.3 is 10.4 Å². The highest BCUT2D eigenvalue weighted by Crippen LogP contribution is 2.41. The van der Waals surface area contributed by atoms with Gasteiger partial charge in [-0.2, -0.15) is 0 Å². The predicted octanol–water partition coefficient (Wildman–Crippen LogP) is 3.51. The highest BCUT2D eigenvalue weighted by Gasteiger charge is 2.44. The molecule has 4 nitrogen and oxygen atoms in total. The number of benzene rings is 1. The van der Waals surface area contributed by atoms with Gasteiger partial charge in [-0.15, -0.1) is 0 Å². The molecule has 0 heterocycles. The van der Waals surface area contributed by atoms with Gasteiger partial charge in [0, 0.05) is 6.54 Å². The molecule has 0 spiro atoms. The lowest BCUT2D eigenvalue weighted by Gasteiger charge is -2.32. The average Bonchev–Trinajstić information content (AvgIpc) is 3.07. The van der Waals surface area contributed by atoms with Gasteiger partial charge in [-0.3, -0.25) is 9.59 Å². The normalized spacial score (nSPS) is 17.0. The van der Waals surface area contributed by atoms with E-state index in [1.165, 1.54) is 0 Å². The molecular formula is C19H27NO3. The van der Waals surface area contributed by atoms with Crippen molar-refractivity contribution in [3.05, 3.63) is 35.9 Å². The van der Waals surface area contributed by atoms with Crippen LogP contribution in [0.15, 0.2) is 30.3 Å². The zero-order valence-corrected chi connectivity index (χ0v) is 14.1. The lowest BCUT2D eigenvalue weighted by Crippen LogP contribution is -2.48. The summed E-state index contributed by atoms with van der Waals surface area (Å²) in [4.78, 5) is 24.6. The Morgan fingerprint density at radius 1 is 1.13 bits per heavy atom. The van der Waals surface area contributed by atoms with Crippen molar-refractivity contribution in [2.45, 2.75) is 57.8 Å². The monoisotopic (exact) mass is 317 g/mol. The minimum Gasteiger partial charge on any atom is -0.481 e. The number of rotatable bonds is 7. The zero-order valence-electron chi connectivity index (χ0n) is 14.1. The van der Waals surface area contributed by atoms with Crippen LogP contribution in [0.4, 0.5) is 0 Å². The summed E-state index contributed by atoms with van der Waals surface area (Å²) in [5.41, 5.74) is -0.317. The molecule has 1 aliphatic carbocycles. The van der Waals surface area contributed by atoms with E-state index in [9.17, 15) is 14.7 Å². The van der Waals surface area contributed by atoms with Crippen LogP contribution in [0.1, 0.15) is 57.9 Å². The highest BCUT2D eigenvalue weighted by atomic mass is 16.4. The third-order valence-electron chi connectivity index (χ3n) is 5.61. The Bertz CT molecular complexity index is 543. The first-order valence-corrected chi connectivity index (χ1v) is 8.58. The van der Waals surface area contributed by atoms with Crippen LogP contribution >= 0.6 is 0 Å². The molecule has 1 aliphatic rings. The average molecular weight is 317 g/mol. The van der Waals surface area contributed by atoms with Crippen molar-refractivity contribution in [1.82, 2.24) is 5.32 Å². The molecule has 1 aromatic rings. The lowest BCUT2D eigenvalue weighted by molar-refractivity contribution is -0.149. The Balaban J connectivity index is 2.19. The van der Waals surface area contributed by atoms with Gasteiger partial charge in [-0.05, 0) is 31.2 Å². The zero-order chi connectivity index (χ0) is 16.9. The third kappa shape index (κ3) is 3.26. The fourth-order valence-electron chi connectivity index (χ4n) is 3.68. The van der Waals surface area contributed by atoms with E-state index in [2.05, 4.69) is 5.32 Å². The summed E-state index contributed by atoms with van der Waals surface area (Å²) in [7, 11) is 0. The summed E-state index contributed by atoms with van der Waals surface area (Å²) >= 11 is 0. The van der Waals surface area contributed by atoms with Crippen molar-refractivity contribution in [1.29, 1.82) is 0 Å². The predicted molar refractivity (Wildman–Crippen MR) is 90.2 cm³/mol. The van der Waals surface area contributed by atoms with Crippen molar-refractivity contribution < 1.29 is 14.7 Å². The number of aliphatic carboxylic acids is 1. The molecule has 0 saturated heterocycles. The molecule has 1 amide bonds. The van der Waals surface area contributed by atoms with Crippen LogP contribution in [0.25, 0.3) is 0 Å². The van der Waals surface area contributed by atoms with Gasteiger partial charge in [0.05, 0.1) is 10.8 Å². The maximum absolute atomic E-state index is 13.0. The molecule has 1 saturated carbocycles. The molecule has 2 N–H and O–H groups in total. The van der Waals surface area contributed by atoms with Gasteiger partial charge >= 0.3 is 5.97 Å². The maximum Gasteiger partial charge on any atom is 0.311 e. The fraction of sp³-hybridized carbons (Fsp3) is 0.579. The number of amides is 1. The van der Waals surface area contributed by atoms with Crippen LogP contribution in [0.2, 0.25) is 0 Å². The van der Waals surface area contributed by atoms with Crippen molar-refractivity contribution in [2.24, 2.45) is 5.41 Å². The molecule has 1 aromatic carbocycles. The first-order valence-electron chi connectivity index (χ1n) is 8.58. The number of carbonyl (C=O) groups excluding carboxylic acids is 1. The largest absolute Gasteiger partial charge is 0.481 e. The second-order valence-electron chi connectivity index (χ2n) is 6.63. The quantitative estimate of drug-likeness (QED) is 0.809. The molecule has 0 unspecified atom stereocenters. The second-order valence-corrected chi connectivity index (χ2v) is 6.63. The van der Waals surface area contributed by atoms with Crippen molar-refractivity contribution >= 4 is 11.9 Å². The Morgan fingerprint density at radius 2 is 1.70 bits per heavy atom. The van der Waals surface area contributed by atoms with E-state index < -0.39 is 16.8 Å². The van der Waals surface area contributed by atoms with E-state index in [4.69, 9.17) is 0 Å². The smallest absolute Gasteiger partial charge is 0.311 e. The number of hydrogen-bond donors (Lipinski definition) is 2. The molecule has 0 aromatic heterocycles. The minimum atomic E-state index is -0.869. The van der Waals surface area contributed by atoms with Gasteiger partial charge in [-0.1, -0.05) is 57.0 Å². The topological polar surface area (TPSA) is 66.4 Å². The standard InChI is InChI=1S/C19H27NO3/c1-3-18(4-2,17(22)23)14-20-16(21)19(12-8-9-13-19)15-10-6-5-7-11-15/h5-7,10-11H,3-4,8-9,12-14H2,1-2H3,(H,20,21)(H,22,23). The molecule has 1 fully saturated rings. The van der Waals surface area contributed by atoms with Gasteiger partial charge in [0.25, 0.3) is 0 Å². The minimum absolute atomic E-state index is 0.0197. The lowest BCUT2D eigenvalue weighted by atomic mass is 9.77. The summed E-state index contributed by atoms with van der Waals surface area (Å²) in [6, 6.07) is 9.89. The van der Waals surface area contributed by atoms with Crippen LogP contribution in [0.3, 0.4) is 0 Å².